The summed E-state index contributed by atoms with van der Waals surface area (Å²) in [5.74, 6) is 0.966. The van der Waals surface area contributed by atoms with Crippen LogP contribution in [0.4, 0.5) is 0 Å². The van der Waals surface area contributed by atoms with Crippen LogP contribution in [0.2, 0.25) is 0 Å². The summed E-state index contributed by atoms with van der Waals surface area (Å²) >= 11 is 0. The van der Waals surface area contributed by atoms with E-state index in [1.807, 2.05) is 4.90 Å². The summed E-state index contributed by atoms with van der Waals surface area (Å²) in [5, 5.41) is 0. The molecular formula is C25H29N3O3. The first-order valence-corrected chi connectivity index (χ1v) is 10.8. The van der Waals surface area contributed by atoms with Gasteiger partial charge in [-0.2, -0.15) is 0 Å². The first-order valence-electron chi connectivity index (χ1n) is 10.8. The summed E-state index contributed by atoms with van der Waals surface area (Å²) in [6.45, 7) is 4.98. The minimum Gasteiger partial charge on any atom is -0.491 e. The monoisotopic (exact) mass is 419 g/mol. The molecule has 0 saturated heterocycles. The number of hydrogen-bond acceptors (Lipinski definition) is 4. The van der Waals surface area contributed by atoms with Crippen molar-refractivity contribution >= 4 is 5.91 Å². The Morgan fingerprint density at radius 3 is 2.84 bits per heavy atom. The van der Waals surface area contributed by atoms with Crippen molar-refractivity contribution in [3.05, 3.63) is 83.4 Å². The van der Waals surface area contributed by atoms with Gasteiger partial charge in [-0.1, -0.05) is 43.3 Å². The van der Waals surface area contributed by atoms with Gasteiger partial charge in [0.05, 0.1) is 19.5 Å². The fraction of sp³-hybridized carbons (Fsp3) is 0.360. The Kier molecular flexibility index (Phi) is 6.99. The number of ether oxygens (including phenoxy) is 2. The van der Waals surface area contributed by atoms with Crippen LogP contribution in [-0.2, 0) is 35.5 Å². The van der Waals surface area contributed by atoms with Crippen LogP contribution in [-0.4, -0.2) is 46.7 Å². The lowest BCUT2D eigenvalue weighted by molar-refractivity contribution is -0.133. The van der Waals surface area contributed by atoms with Gasteiger partial charge in [-0.3, -0.25) is 4.79 Å². The fourth-order valence-corrected chi connectivity index (χ4v) is 3.83. The van der Waals surface area contributed by atoms with E-state index in [0.29, 0.717) is 32.9 Å². The van der Waals surface area contributed by atoms with E-state index in [9.17, 15) is 4.79 Å². The summed E-state index contributed by atoms with van der Waals surface area (Å²) in [6, 6.07) is 14.9. The number of hydrogen-bond donors (Lipinski definition) is 0. The van der Waals surface area contributed by atoms with E-state index in [0.717, 1.165) is 24.2 Å². The minimum absolute atomic E-state index is 0.0493. The molecule has 2 aromatic carbocycles. The van der Waals surface area contributed by atoms with Crippen molar-refractivity contribution in [3.8, 4) is 5.75 Å². The largest absolute Gasteiger partial charge is 0.491 e. The molecule has 0 spiro atoms. The van der Waals surface area contributed by atoms with E-state index in [1.54, 1.807) is 23.3 Å². The Balaban J connectivity index is 1.58. The van der Waals surface area contributed by atoms with Gasteiger partial charge in [0.25, 0.3) is 0 Å². The highest BCUT2D eigenvalue weighted by molar-refractivity contribution is 5.76. The molecule has 4 rings (SSSR count). The van der Waals surface area contributed by atoms with Gasteiger partial charge in [0.15, 0.2) is 0 Å². The van der Waals surface area contributed by atoms with Crippen LogP contribution in [0.1, 0.15) is 29.2 Å². The molecule has 1 aliphatic rings. The molecule has 0 atom stereocenters. The Morgan fingerprint density at radius 1 is 1.10 bits per heavy atom. The standard InChI is InChI=1S/C25H29N3O3/c1-2-20-6-7-24-23(15-20)16-21-4-3-5-22(14-21)17-28(10-11-30-12-13-31-24)25(29)18-27-9-8-26-19-27/h3-9,14-15,19H,2,10-13,16-18H2,1H3. The highest BCUT2D eigenvalue weighted by Crippen LogP contribution is 2.24. The maximum Gasteiger partial charge on any atom is 0.242 e. The molecule has 0 N–H and O–H groups in total. The van der Waals surface area contributed by atoms with E-state index in [-0.39, 0.29) is 12.5 Å². The molecule has 2 bridgehead atoms. The minimum atomic E-state index is 0.0493. The van der Waals surface area contributed by atoms with Gasteiger partial charge in [-0.25, -0.2) is 4.98 Å². The fourth-order valence-electron chi connectivity index (χ4n) is 3.83. The molecule has 0 aliphatic carbocycles. The molecule has 31 heavy (non-hydrogen) atoms. The maximum atomic E-state index is 12.9. The average Bonchev–Trinajstić information content (AvgIpc) is 3.28. The molecule has 0 saturated carbocycles. The Labute approximate surface area is 183 Å². The van der Waals surface area contributed by atoms with Crippen LogP contribution in [0, 0.1) is 0 Å². The smallest absolute Gasteiger partial charge is 0.242 e. The predicted molar refractivity (Wildman–Crippen MR) is 119 cm³/mol. The third kappa shape index (κ3) is 5.73. The second-order valence-corrected chi connectivity index (χ2v) is 7.80. The topological polar surface area (TPSA) is 56.6 Å². The van der Waals surface area contributed by atoms with Gasteiger partial charge < -0.3 is 18.9 Å². The van der Waals surface area contributed by atoms with Crippen molar-refractivity contribution in [2.75, 3.05) is 26.4 Å². The highest BCUT2D eigenvalue weighted by Gasteiger charge is 2.16. The number of carbonyl (C=O) groups is 1. The van der Waals surface area contributed by atoms with Crippen molar-refractivity contribution in [2.24, 2.45) is 0 Å². The molecule has 0 fully saturated rings. The summed E-state index contributed by atoms with van der Waals surface area (Å²) in [7, 11) is 0. The molecular weight excluding hydrogens is 390 g/mol. The molecule has 2 heterocycles. The number of rotatable bonds is 3. The molecule has 6 nitrogen and oxygen atoms in total. The first kappa shape index (κ1) is 21.1. The second kappa shape index (κ2) is 10.3. The van der Waals surface area contributed by atoms with Crippen molar-refractivity contribution in [1.82, 2.24) is 14.5 Å². The number of carbonyl (C=O) groups excluding carboxylic acids is 1. The molecule has 1 amide bonds. The highest BCUT2D eigenvalue weighted by atomic mass is 16.5. The lowest BCUT2D eigenvalue weighted by atomic mass is 9.99. The average molecular weight is 420 g/mol. The van der Waals surface area contributed by atoms with E-state index in [2.05, 4.69) is 54.4 Å². The molecule has 6 heteroatoms. The number of aryl methyl sites for hydroxylation is 1. The Hall–Kier alpha value is -3.12. The number of fused-ring (bicyclic) bond motifs is 3. The Bertz CT molecular complexity index is 1000. The normalized spacial score (nSPS) is 14.9. The third-order valence-electron chi connectivity index (χ3n) is 5.51. The first-order chi connectivity index (χ1) is 15.2. The van der Waals surface area contributed by atoms with Crippen LogP contribution in [0.3, 0.4) is 0 Å². The van der Waals surface area contributed by atoms with Crippen LogP contribution < -0.4 is 4.74 Å². The predicted octanol–water partition coefficient (Wildman–Crippen LogP) is 3.47. The molecule has 1 aliphatic heterocycles. The third-order valence-corrected chi connectivity index (χ3v) is 5.51. The van der Waals surface area contributed by atoms with Crippen molar-refractivity contribution < 1.29 is 14.3 Å². The number of nitrogens with zero attached hydrogens (tertiary/aromatic N) is 3. The lowest BCUT2D eigenvalue weighted by Crippen LogP contribution is -2.36. The van der Waals surface area contributed by atoms with E-state index in [4.69, 9.17) is 9.47 Å². The molecule has 162 valence electrons. The lowest BCUT2D eigenvalue weighted by Gasteiger charge is -2.24. The van der Waals surface area contributed by atoms with Crippen molar-refractivity contribution in [2.45, 2.75) is 32.9 Å². The zero-order valence-corrected chi connectivity index (χ0v) is 18.0. The van der Waals surface area contributed by atoms with Crippen molar-refractivity contribution in [1.29, 1.82) is 0 Å². The van der Waals surface area contributed by atoms with E-state index < -0.39 is 0 Å². The van der Waals surface area contributed by atoms with E-state index in [1.165, 1.54) is 16.7 Å². The van der Waals surface area contributed by atoms with Crippen LogP contribution in [0.5, 0.6) is 5.75 Å². The summed E-state index contributed by atoms with van der Waals surface area (Å²) < 4.78 is 13.6. The van der Waals surface area contributed by atoms with Gasteiger partial charge in [0, 0.05) is 31.9 Å². The van der Waals surface area contributed by atoms with Gasteiger partial charge in [0.2, 0.25) is 5.91 Å². The second-order valence-electron chi connectivity index (χ2n) is 7.80. The van der Waals surface area contributed by atoms with E-state index >= 15 is 0 Å². The van der Waals surface area contributed by atoms with Crippen molar-refractivity contribution in [3.63, 3.8) is 0 Å². The summed E-state index contributed by atoms with van der Waals surface area (Å²) in [5.41, 5.74) is 4.81. The number of imidazole rings is 1. The number of benzene rings is 2. The van der Waals surface area contributed by atoms with Gasteiger partial charge in [-0.15, -0.1) is 0 Å². The zero-order valence-electron chi connectivity index (χ0n) is 18.0. The van der Waals surface area contributed by atoms with Gasteiger partial charge in [0.1, 0.15) is 18.9 Å². The molecule has 0 unspecified atom stereocenters. The Morgan fingerprint density at radius 2 is 2.00 bits per heavy atom. The zero-order chi connectivity index (χ0) is 21.5. The number of amides is 1. The van der Waals surface area contributed by atoms with Crippen LogP contribution in [0.15, 0.2) is 61.2 Å². The quantitative estimate of drug-likeness (QED) is 0.652. The molecule has 0 radical (unpaired) electrons. The SMILES string of the molecule is CCc1ccc2c(c1)Cc1cccc(c1)CN(C(=O)Cn1ccnc1)CCOCCO2. The van der Waals surface area contributed by atoms with Gasteiger partial charge >= 0.3 is 0 Å². The summed E-state index contributed by atoms with van der Waals surface area (Å²) in [4.78, 5) is 18.8. The molecule has 1 aromatic heterocycles. The molecule has 3 aromatic rings. The van der Waals surface area contributed by atoms with Gasteiger partial charge in [-0.05, 0) is 34.7 Å². The number of aromatic nitrogens is 2. The van der Waals surface area contributed by atoms with Crippen LogP contribution in [0.25, 0.3) is 0 Å². The summed E-state index contributed by atoms with van der Waals surface area (Å²) in [6.07, 6.45) is 6.94. The van der Waals surface area contributed by atoms with Crippen LogP contribution >= 0.6 is 0 Å². The maximum absolute atomic E-state index is 12.9.